The predicted molar refractivity (Wildman–Crippen MR) is 106 cm³/mol. The number of benzene rings is 2. The van der Waals surface area contributed by atoms with Gasteiger partial charge in [0.25, 0.3) is 0 Å². The van der Waals surface area contributed by atoms with E-state index in [0.29, 0.717) is 0 Å². The highest BCUT2D eigenvalue weighted by Crippen LogP contribution is 2.21. The van der Waals surface area contributed by atoms with Gasteiger partial charge in [-0.1, -0.05) is 42.5 Å². The van der Waals surface area contributed by atoms with E-state index in [-0.39, 0.29) is 0 Å². The summed E-state index contributed by atoms with van der Waals surface area (Å²) in [5, 5.41) is 2.63. The maximum absolute atomic E-state index is 5.43. The first kappa shape index (κ1) is 16.8. The summed E-state index contributed by atoms with van der Waals surface area (Å²) in [7, 11) is 2.09. The highest BCUT2D eigenvalue weighted by atomic mass is 16.5. The Bertz CT molecular complexity index is 871. The number of likely N-dealkylation sites (N-methyl/N-ethyl adjacent to an activating group) is 1. The van der Waals surface area contributed by atoms with Gasteiger partial charge in [-0.05, 0) is 22.8 Å². The van der Waals surface area contributed by atoms with Crippen LogP contribution in [0.3, 0.4) is 0 Å². The Morgan fingerprint density at radius 3 is 2.73 bits per heavy atom. The minimum Gasteiger partial charge on any atom is -0.378 e. The van der Waals surface area contributed by atoms with Gasteiger partial charge in [0.05, 0.1) is 13.2 Å². The van der Waals surface area contributed by atoms with Crippen LogP contribution in [0.5, 0.6) is 0 Å². The first-order chi connectivity index (χ1) is 12.8. The Balaban J connectivity index is 1.47. The third kappa shape index (κ3) is 3.63. The second-order valence-corrected chi connectivity index (χ2v) is 6.64. The molecule has 0 radical (unpaired) electrons. The number of hydrogen-bond acceptors (Lipinski definition) is 5. The monoisotopic (exact) mass is 348 g/mol. The van der Waals surface area contributed by atoms with Crippen molar-refractivity contribution in [1.82, 2.24) is 9.97 Å². The number of hydrogen-bond donors (Lipinski definition) is 0. The van der Waals surface area contributed by atoms with Crippen LogP contribution in [0.1, 0.15) is 5.56 Å². The fourth-order valence-corrected chi connectivity index (χ4v) is 3.42. The van der Waals surface area contributed by atoms with Crippen molar-refractivity contribution in [3.63, 3.8) is 0 Å². The number of fused-ring (bicyclic) bond motifs is 1. The Morgan fingerprint density at radius 1 is 1.04 bits per heavy atom. The molecule has 1 aliphatic heterocycles. The minimum atomic E-state index is 0.760. The summed E-state index contributed by atoms with van der Waals surface area (Å²) in [6.07, 6.45) is 2.64. The molecule has 0 unspecified atom stereocenters. The Kier molecular flexibility index (Phi) is 4.97. The summed E-state index contributed by atoms with van der Waals surface area (Å²) in [6.45, 7) is 4.20. The van der Waals surface area contributed by atoms with Gasteiger partial charge in [-0.3, -0.25) is 0 Å². The molecule has 0 atom stereocenters. The van der Waals surface area contributed by atoms with Crippen LogP contribution in [-0.2, 0) is 11.2 Å². The first-order valence-corrected chi connectivity index (χ1v) is 9.14. The summed E-state index contributed by atoms with van der Waals surface area (Å²) < 4.78 is 5.43. The predicted octanol–water partition coefficient (Wildman–Crippen LogP) is 3.15. The smallest absolute Gasteiger partial charge is 0.134 e. The van der Waals surface area contributed by atoms with Crippen molar-refractivity contribution in [3.05, 3.63) is 60.4 Å². The Labute approximate surface area is 154 Å². The van der Waals surface area contributed by atoms with Crippen molar-refractivity contribution in [2.45, 2.75) is 6.42 Å². The second kappa shape index (κ2) is 7.70. The van der Waals surface area contributed by atoms with Gasteiger partial charge in [0, 0.05) is 32.7 Å². The summed E-state index contributed by atoms with van der Waals surface area (Å²) in [4.78, 5) is 13.4. The molecule has 0 bridgehead atoms. The van der Waals surface area contributed by atoms with Crippen LogP contribution in [-0.4, -0.2) is 49.9 Å². The molecule has 0 N–H and O–H groups in total. The van der Waals surface area contributed by atoms with E-state index in [1.807, 2.05) is 0 Å². The fraction of sp³-hybridized carbons (Fsp3) is 0.333. The van der Waals surface area contributed by atoms with Crippen LogP contribution in [0.25, 0.3) is 10.8 Å². The number of morpholine rings is 1. The van der Waals surface area contributed by atoms with E-state index in [1.165, 1.54) is 16.3 Å². The zero-order valence-corrected chi connectivity index (χ0v) is 15.1. The molecule has 0 spiro atoms. The summed E-state index contributed by atoms with van der Waals surface area (Å²) in [5.74, 6) is 1.94. The number of aromatic nitrogens is 2. The molecule has 1 saturated heterocycles. The zero-order chi connectivity index (χ0) is 17.8. The van der Waals surface area contributed by atoms with Crippen LogP contribution in [0.15, 0.2) is 54.9 Å². The molecule has 134 valence electrons. The average Bonchev–Trinajstić information content (AvgIpc) is 2.72. The van der Waals surface area contributed by atoms with Gasteiger partial charge < -0.3 is 14.5 Å². The maximum Gasteiger partial charge on any atom is 0.134 e. The van der Waals surface area contributed by atoms with Crippen molar-refractivity contribution in [3.8, 4) is 0 Å². The number of anilines is 2. The highest BCUT2D eigenvalue weighted by molar-refractivity contribution is 5.85. The third-order valence-electron chi connectivity index (χ3n) is 4.96. The molecular formula is C21H24N4O. The van der Waals surface area contributed by atoms with Crippen LogP contribution >= 0.6 is 0 Å². The summed E-state index contributed by atoms with van der Waals surface area (Å²) >= 11 is 0. The molecular weight excluding hydrogens is 324 g/mol. The molecule has 26 heavy (non-hydrogen) atoms. The molecule has 1 aromatic heterocycles. The minimum absolute atomic E-state index is 0.760. The van der Waals surface area contributed by atoms with E-state index >= 15 is 0 Å². The van der Waals surface area contributed by atoms with E-state index in [2.05, 4.69) is 75.3 Å². The van der Waals surface area contributed by atoms with Crippen LogP contribution in [0.2, 0.25) is 0 Å². The quantitative estimate of drug-likeness (QED) is 0.708. The van der Waals surface area contributed by atoms with Gasteiger partial charge in [0.15, 0.2) is 0 Å². The van der Waals surface area contributed by atoms with Gasteiger partial charge >= 0.3 is 0 Å². The average molecular weight is 348 g/mol. The molecule has 1 aliphatic rings. The van der Waals surface area contributed by atoms with Crippen molar-refractivity contribution >= 4 is 22.4 Å². The van der Waals surface area contributed by atoms with Crippen LogP contribution in [0, 0.1) is 0 Å². The normalized spacial score (nSPS) is 14.6. The Hall–Kier alpha value is -2.66. The molecule has 0 saturated carbocycles. The number of ether oxygens (including phenoxy) is 1. The van der Waals surface area contributed by atoms with Gasteiger partial charge in [-0.15, -0.1) is 0 Å². The van der Waals surface area contributed by atoms with E-state index in [0.717, 1.165) is 50.9 Å². The molecule has 0 aliphatic carbocycles. The lowest BCUT2D eigenvalue weighted by Crippen LogP contribution is -2.37. The van der Waals surface area contributed by atoms with E-state index in [9.17, 15) is 0 Å². The third-order valence-corrected chi connectivity index (χ3v) is 4.96. The lowest BCUT2D eigenvalue weighted by molar-refractivity contribution is 0.122. The highest BCUT2D eigenvalue weighted by Gasteiger charge is 2.14. The lowest BCUT2D eigenvalue weighted by Gasteiger charge is -2.28. The van der Waals surface area contributed by atoms with Crippen LogP contribution in [0.4, 0.5) is 11.6 Å². The molecule has 4 rings (SSSR count). The van der Waals surface area contributed by atoms with Crippen LogP contribution < -0.4 is 9.80 Å². The molecule has 1 fully saturated rings. The lowest BCUT2D eigenvalue weighted by atomic mass is 10.0. The topological polar surface area (TPSA) is 41.5 Å². The zero-order valence-electron chi connectivity index (χ0n) is 15.1. The van der Waals surface area contributed by atoms with Crippen molar-refractivity contribution in [1.29, 1.82) is 0 Å². The fourth-order valence-electron chi connectivity index (χ4n) is 3.42. The summed E-state index contributed by atoms with van der Waals surface area (Å²) in [5.41, 5.74) is 1.37. The van der Waals surface area contributed by atoms with E-state index in [4.69, 9.17) is 4.74 Å². The van der Waals surface area contributed by atoms with E-state index < -0.39 is 0 Å². The molecule has 2 aromatic carbocycles. The molecule has 2 heterocycles. The first-order valence-electron chi connectivity index (χ1n) is 9.14. The number of rotatable bonds is 5. The largest absolute Gasteiger partial charge is 0.378 e. The van der Waals surface area contributed by atoms with Crippen molar-refractivity contribution in [2.24, 2.45) is 0 Å². The molecule has 5 nitrogen and oxygen atoms in total. The maximum atomic E-state index is 5.43. The van der Waals surface area contributed by atoms with Gasteiger partial charge in [-0.25, -0.2) is 9.97 Å². The number of nitrogens with zero attached hydrogens (tertiary/aromatic N) is 4. The van der Waals surface area contributed by atoms with Gasteiger partial charge in [0.2, 0.25) is 0 Å². The van der Waals surface area contributed by atoms with Gasteiger partial charge in [0.1, 0.15) is 18.0 Å². The standard InChI is InChI=1S/C21H24N4O/c1-24(10-9-18-7-4-6-17-5-2-3-8-19(17)18)20-15-21(23-16-22-20)25-11-13-26-14-12-25/h2-8,15-16H,9-14H2,1H3. The van der Waals surface area contributed by atoms with Gasteiger partial charge in [-0.2, -0.15) is 0 Å². The molecule has 3 aromatic rings. The van der Waals surface area contributed by atoms with E-state index in [1.54, 1.807) is 6.33 Å². The van der Waals surface area contributed by atoms with Crippen molar-refractivity contribution in [2.75, 3.05) is 49.7 Å². The SMILES string of the molecule is CN(CCc1cccc2ccccc12)c1cc(N2CCOCC2)ncn1. The van der Waals surface area contributed by atoms with Crippen molar-refractivity contribution < 1.29 is 4.74 Å². The summed E-state index contributed by atoms with van der Waals surface area (Å²) in [6, 6.07) is 17.2. The molecule has 0 amide bonds. The second-order valence-electron chi connectivity index (χ2n) is 6.64. The Morgan fingerprint density at radius 2 is 1.85 bits per heavy atom. The molecule has 5 heteroatoms.